The lowest BCUT2D eigenvalue weighted by atomic mass is 9.97. The van der Waals surface area contributed by atoms with Gasteiger partial charge in [0, 0.05) is 47.6 Å². The van der Waals surface area contributed by atoms with Gasteiger partial charge in [0.1, 0.15) is 12.7 Å². The second-order valence-electron chi connectivity index (χ2n) is 8.86. The third kappa shape index (κ3) is 10.6. The molecule has 0 spiro atoms. The summed E-state index contributed by atoms with van der Waals surface area (Å²) in [6.07, 6.45) is -4.65. The van der Waals surface area contributed by atoms with Crippen molar-refractivity contribution in [2.24, 2.45) is 0 Å². The van der Waals surface area contributed by atoms with Crippen LogP contribution >= 0.6 is 0 Å². The molecule has 1 saturated heterocycles. The van der Waals surface area contributed by atoms with Crippen LogP contribution < -0.4 is 14.8 Å². The van der Waals surface area contributed by atoms with Crippen molar-refractivity contribution in [1.82, 2.24) is 5.32 Å². The number of amides is 1. The third-order valence-corrected chi connectivity index (χ3v) is 5.18. The van der Waals surface area contributed by atoms with Gasteiger partial charge in [0.2, 0.25) is 5.91 Å². The number of nitrogens with one attached hydrogen (secondary N) is 1. The molecule has 5 atom stereocenters. The lowest BCUT2D eigenvalue weighted by molar-refractivity contribution is -0.256. The first kappa shape index (κ1) is 33.4. The Kier molecular flexibility index (Phi) is 12.2. The molecule has 1 aliphatic rings. The van der Waals surface area contributed by atoms with Crippen molar-refractivity contribution in [3.63, 3.8) is 0 Å². The highest BCUT2D eigenvalue weighted by molar-refractivity contribution is 5.92. The highest BCUT2D eigenvalue weighted by atomic mass is 16.7. The fourth-order valence-corrected chi connectivity index (χ4v) is 3.81. The molecule has 1 fully saturated rings. The Balaban J connectivity index is 2.38. The van der Waals surface area contributed by atoms with Gasteiger partial charge >= 0.3 is 35.8 Å². The molecule has 1 aromatic carbocycles. The fourth-order valence-electron chi connectivity index (χ4n) is 3.81. The standard InChI is InChI=1S/C27H31NO14/c1-13(29)36-12-22-24(39-16(4)32)25(40-17(5)33)26(41-18(6)34)27(42-22)28-23(35)10-8-19-7-9-20(37-14(2)30)21(11-19)38-15(3)31/h7-11,22,24-27H,12H2,1-6H3,(H,28,35)/b10-8-/t22-,24+,25+,26-,27-/m1/s1. The van der Waals surface area contributed by atoms with Crippen LogP contribution in [0.3, 0.4) is 0 Å². The van der Waals surface area contributed by atoms with Gasteiger partial charge in [0.25, 0.3) is 0 Å². The maximum absolute atomic E-state index is 12.9. The summed E-state index contributed by atoms with van der Waals surface area (Å²) in [6, 6.07) is 4.18. The third-order valence-electron chi connectivity index (χ3n) is 5.18. The first-order valence-corrected chi connectivity index (χ1v) is 12.5. The van der Waals surface area contributed by atoms with Gasteiger partial charge in [-0.05, 0) is 23.8 Å². The van der Waals surface area contributed by atoms with Crippen molar-refractivity contribution in [3.8, 4) is 11.5 Å². The normalized spacial score (nSPS) is 21.4. The van der Waals surface area contributed by atoms with Crippen molar-refractivity contribution in [1.29, 1.82) is 0 Å². The van der Waals surface area contributed by atoms with Crippen LogP contribution in [0.1, 0.15) is 47.1 Å². The Bertz CT molecular complexity index is 1260. The Hall–Kier alpha value is -4.79. The monoisotopic (exact) mass is 593 g/mol. The van der Waals surface area contributed by atoms with Gasteiger partial charge in [-0.25, -0.2) is 0 Å². The summed E-state index contributed by atoms with van der Waals surface area (Å²) < 4.78 is 36.8. The van der Waals surface area contributed by atoms with Gasteiger partial charge in [-0.15, -0.1) is 0 Å². The number of hydrogen-bond acceptors (Lipinski definition) is 14. The molecule has 0 saturated carbocycles. The van der Waals surface area contributed by atoms with E-state index in [0.717, 1.165) is 40.7 Å². The zero-order valence-electron chi connectivity index (χ0n) is 23.7. The summed E-state index contributed by atoms with van der Waals surface area (Å²) in [4.78, 5) is 82.8. The van der Waals surface area contributed by atoms with Crippen molar-refractivity contribution >= 4 is 47.8 Å². The molecule has 15 nitrogen and oxygen atoms in total. The van der Waals surface area contributed by atoms with E-state index in [-0.39, 0.29) is 11.5 Å². The highest BCUT2D eigenvalue weighted by Gasteiger charge is 2.52. The van der Waals surface area contributed by atoms with Crippen LogP contribution in [0.15, 0.2) is 24.3 Å². The summed E-state index contributed by atoms with van der Waals surface area (Å²) >= 11 is 0. The van der Waals surface area contributed by atoms with Crippen LogP contribution in [0.5, 0.6) is 11.5 Å². The molecule has 0 aromatic heterocycles. The number of benzene rings is 1. The van der Waals surface area contributed by atoms with E-state index < -0.39 is 79.0 Å². The summed E-state index contributed by atoms with van der Waals surface area (Å²) in [7, 11) is 0. The van der Waals surface area contributed by atoms with Gasteiger partial charge in [-0.2, -0.15) is 0 Å². The Morgan fingerprint density at radius 3 is 1.81 bits per heavy atom. The van der Waals surface area contributed by atoms with E-state index in [9.17, 15) is 33.6 Å². The van der Waals surface area contributed by atoms with Gasteiger partial charge < -0.3 is 38.5 Å². The van der Waals surface area contributed by atoms with Crippen molar-refractivity contribution in [2.45, 2.75) is 72.2 Å². The van der Waals surface area contributed by atoms with E-state index in [4.69, 9.17) is 33.2 Å². The van der Waals surface area contributed by atoms with E-state index in [2.05, 4.69) is 5.32 Å². The molecule has 0 radical (unpaired) electrons. The number of carbonyl (C=O) groups is 7. The second-order valence-corrected chi connectivity index (χ2v) is 8.86. The lowest BCUT2D eigenvalue weighted by Crippen LogP contribution is -2.66. The molecule has 15 heteroatoms. The topological polar surface area (TPSA) is 196 Å². The Morgan fingerprint density at radius 2 is 1.26 bits per heavy atom. The number of hydrogen-bond donors (Lipinski definition) is 1. The predicted molar refractivity (Wildman–Crippen MR) is 138 cm³/mol. The SMILES string of the molecule is CC(=O)OC[C@H]1O[C@@H](NC(=O)/C=C\c2ccc(OC(C)=O)c(OC(C)=O)c2)[C@H](OC(C)=O)[C@@H](OC(C)=O)[C@H]1OC(C)=O. The highest BCUT2D eigenvalue weighted by Crippen LogP contribution is 2.30. The number of ether oxygens (including phenoxy) is 7. The first-order valence-electron chi connectivity index (χ1n) is 12.5. The molecular formula is C27H31NO14. The van der Waals surface area contributed by atoms with Gasteiger partial charge in [0.05, 0.1) is 0 Å². The maximum atomic E-state index is 12.9. The van der Waals surface area contributed by atoms with Crippen molar-refractivity contribution < 1.29 is 66.7 Å². The predicted octanol–water partition coefficient (Wildman–Crippen LogP) is 0.750. The minimum absolute atomic E-state index is 0.0169. The largest absolute Gasteiger partial charge is 0.463 e. The minimum atomic E-state index is -1.49. The molecule has 0 unspecified atom stereocenters. The Labute approximate surface area is 240 Å². The fraction of sp³-hybridized carbons (Fsp3) is 0.444. The second kappa shape index (κ2) is 15.3. The summed E-state index contributed by atoms with van der Waals surface area (Å²) in [6.45, 7) is 6.20. The molecule has 42 heavy (non-hydrogen) atoms. The molecule has 1 amide bonds. The number of rotatable bonds is 10. The van der Waals surface area contributed by atoms with Gasteiger partial charge in [0.15, 0.2) is 36.0 Å². The van der Waals surface area contributed by atoms with E-state index in [1.54, 1.807) is 0 Å². The molecular weight excluding hydrogens is 562 g/mol. The molecule has 228 valence electrons. The number of carbonyl (C=O) groups excluding carboxylic acids is 7. The minimum Gasteiger partial charge on any atom is -0.463 e. The van der Waals surface area contributed by atoms with Gasteiger partial charge in [-0.1, -0.05) is 6.07 Å². The molecule has 0 aliphatic carbocycles. The van der Waals surface area contributed by atoms with Crippen molar-refractivity contribution in [3.05, 3.63) is 29.8 Å². The molecule has 1 aliphatic heterocycles. The van der Waals surface area contributed by atoms with E-state index in [0.29, 0.717) is 5.56 Å². The molecule has 1 N–H and O–H groups in total. The summed E-state index contributed by atoms with van der Waals surface area (Å²) in [5.74, 6) is -5.34. The average molecular weight is 594 g/mol. The molecule has 1 aromatic rings. The summed E-state index contributed by atoms with van der Waals surface area (Å²) in [5.41, 5.74) is 0.360. The summed E-state index contributed by atoms with van der Waals surface area (Å²) in [5, 5.41) is 2.47. The number of esters is 6. The maximum Gasteiger partial charge on any atom is 0.308 e. The van der Waals surface area contributed by atoms with Crippen LogP contribution in [-0.4, -0.2) is 79.0 Å². The Morgan fingerprint density at radius 1 is 0.714 bits per heavy atom. The van der Waals surface area contributed by atoms with Crippen LogP contribution in [0, 0.1) is 0 Å². The zero-order valence-corrected chi connectivity index (χ0v) is 23.7. The first-order chi connectivity index (χ1) is 19.7. The average Bonchev–Trinajstić information content (AvgIpc) is 2.85. The zero-order chi connectivity index (χ0) is 31.6. The molecule has 0 bridgehead atoms. The lowest BCUT2D eigenvalue weighted by Gasteiger charge is -2.44. The van der Waals surface area contributed by atoms with Gasteiger partial charge in [-0.3, -0.25) is 33.6 Å². The van der Waals surface area contributed by atoms with E-state index in [1.807, 2.05) is 0 Å². The smallest absolute Gasteiger partial charge is 0.308 e. The van der Waals surface area contributed by atoms with Crippen LogP contribution in [0.25, 0.3) is 6.08 Å². The van der Waals surface area contributed by atoms with Crippen LogP contribution in [0.2, 0.25) is 0 Å². The van der Waals surface area contributed by atoms with E-state index in [1.165, 1.54) is 31.2 Å². The van der Waals surface area contributed by atoms with E-state index >= 15 is 0 Å². The van der Waals surface area contributed by atoms with Crippen LogP contribution in [0.4, 0.5) is 0 Å². The van der Waals surface area contributed by atoms with Crippen molar-refractivity contribution in [2.75, 3.05) is 6.61 Å². The molecule has 1 heterocycles. The molecule has 2 rings (SSSR count). The quantitative estimate of drug-likeness (QED) is 0.173. The van der Waals surface area contributed by atoms with Crippen LogP contribution in [-0.2, 0) is 57.2 Å².